The number of carbonyl (C=O) groups is 1. The van der Waals surface area contributed by atoms with Crippen molar-refractivity contribution in [3.8, 4) is 23.0 Å². The molecule has 3 aromatic rings. The first-order valence-corrected chi connectivity index (χ1v) is 10.4. The Morgan fingerprint density at radius 3 is 2.56 bits per heavy atom. The molecule has 0 saturated heterocycles. The first kappa shape index (κ1) is 21.6. The number of hydrogen-bond acceptors (Lipinski definition) is 6. The Bertz CT molecular complexity index is 1150. The molecular weight excluding hydrogens is 417 g/mol. The third kappa shape index (κ3) is 4.82. The van der Waals surface area contributed by atoms with Gasteiger partial charge in [0.15, 0.2) is 11.5 Å². The molecule has 4 rings (SSSR count). The molecular formula is C23H24FN3O5. The second-order valence-electron chi connectivity index (χ2n) is 7.88. The Morgan fingerprint density at radius 2 is 1.84 bits per heavy atom. The molecule has 0 fully saturated rings. The van der Waals surface area contributed by atoms with Gasteiger partial charge in [-0.25, -0.2) is 9.18 Å². The van der Waals surface area contributed by atoms with E-state index in [-0.39, 0.29) is 24.4 Å². The highest BCUT2D eigenvalue weighted by atomic mass is 19.1. The summed E-state index contributed by atoms with van der Waals surface area (Å²) in [6.45, 7) is 4.84. The Balaban J connectivity index is 1.49. The van der Waals surface area contributed by atoms with Gasteiger partial charge in [0.2, 0.25) is 11.8 Å². The molecule has 0 saturated carbocycles. The molecule has 9 heteroatoms. The number of fused-ring (bicyclic) bond motifs is 1. The van der Waals surface area contributed by atoms with Gasteiger partial charge in [0.05, 0.1) is 19.3 Å². The zero-order chi connectivity index (χ0) is 22.7. The monoisotopic (exact) mass is 441 g/mol. The smallest absolute Gasteiger partial charge is 0.437 e. The zero-order valence-electron chi connectivity index (χ0n) is 17.8. The van der Waals surface area contributed by atoms with Crippen LogP contribution >= 0.6 is 0 Å². The first-order valence-electron chi connectivity index (χ1n) is 10.4. The maximum Gasteiger partial charge on any atom is 0.437 e. The number of hydrogen-bond donors (Lipinski definition) is 1. The summed E-state index contributed by atoms with van der Waals surface area (Å²) in [5.74, 6) is -0.143. The highest BCUT2D eigenvalue weighted by molar-refractivity contribution is 5.76. The minimum absolute atomic E-state index is 0.0195. The van der Waals surface area contributed by atoms with Crippen LogP contribution in [0.3, 0.4) is 0 Å². The van der Waals surface area contributed by atoms with Crippen molar-refractivity contribution >= 4 is 5.91 Å². The van der Waals surface area contributed by atoms with Gasteiger partial charge in [0.25, 0.3) is 0 Å². The lowest BCUT2D eigenvalue weighted by atomic mass is 9.95. The van der Waals surface area contributed by atoms with Crippen molar-refractivity contribution in [3.63, 3.8) is 0 Å². The van der Waals surface area contributed by atoms with E-state index in [9.17, 15) is 14.0 Å². The van der Waals surface area contributed by atoms with Crippen molar-refractivity contribution in [1.29, 1.82) is 0 Å². The fourth-order valence-electron chi connectivity index (χ4n) is 3.48. The van der Waals surface area contributed by atoms with Crippen LogP contribution in [-0.2, 0) is 11.3 Å². The number of benzene rings is 2. The van der Waals surface area contributed by atoms with Crippen molar-refractivity contribution in [1.82, 2.24) is 15.1 Å². The fraction of sp³-hybridized carbons (Fsp3) is 0.348. The van der Waals surface area contributed by atoms with E-state index in [1.165, 1.54) is 24.3 Å². The minimum atomic E-state index is -0.767. The van der Waals surface area contributed by atoms with Crippen LogP contribution in [0.25, 0.3) is 11.5 Å². The number of aromatic nitrogens is 2. The molecule has 0 spiro atoms. The van der Waals surface area contributed by atoms with Gasteiger partial charge in [-0.2, -0.15) is 4.68 Å². The van der Waals surface area contributed by atoms with Crippen molar-refractivity contribution in [2.24, 2.45) is 5.92 Å². The van der Waals surface area contributed by atoms with E-state index in [4.69, 9.17) is 13.9 Å². The fourth-order valence-corrected chi connectivity index (χ4v) is 3.48. The van der Waals surface area contributed by atoms with Crippen LogP contribution in [0.5, 0.6) is 11.5 Å². The second-order valence-corrected chi connectivity index (χ2v) is 7.88. The van der Waals surface area contributed by atoms with E-state index in [1.807, 2.05) is 32.0 Å². The molecule has 1 aromatic heterocycles. The number of nitrogens with one attached hydrogen (secondary N) is 1. The molecule has 1 N–H and O–H groups in total. The summed E-state index contributed by atoms with van der Waals surface area (Å²) in [7, 11) is 0. The lowest BCUT2D eigenvalue weighted by Crippen LogP contribution is -2.36. The summed E-state index contributed by atoms with van der Waals surface area (Å²) in [4.78, 5) is 24.9. The standard InChI is InChI=1S/C23H24FN3O5/c1-14(2)21(16-6-9-18-19(12-16)31-11-3-10-30-18)25-20(28)13-27-23(29)32-22(26-27)15-4-7-17(24)8-5-15/h4-9,12,14,21H,3,10-11,13H2,1-2H3,(H,25,28). The van der Waals surface area contributed by atoms with Gasteiger partial charge >= 0.3 is 5.76 Å². The molecule has 8 nitrogen and oxygen atoms in total. The molecule has 2 heterocycles. The highest BCUT2D eigenvalue weighted by Gasteiger charge is 2.22. The van der Waals surface area contributed by atoms with E-state index in [0.717, 1.165) is 16.7 Å². The largest absolute Gasteiger partial charge is 0.490 e. The quantitative estimate of drug-likeness (QED) is 0.631. The summed E-state index contributed by atoms with van der Waals surface area (Å²) < 4.78 is 30.6. The van der Waals surface area contributed by atoms with Crippen molar-refractivity contribution < 1.29 is 23.1 Å². The Hall–Kier alpha value is -3.62. The summed E-state index contributed by atoms with van der Waals surface area (Å²) in [5, 5.41) is 7.02. The molecule has 0 bridgehead atoms. The Labute approximate surface area is 184 Å². The maximum atomic E-state index is 13.1. The van der Waals surface area contributed by atoms with E-state index < -0.39 is 17.5 Å². The minimum Gasteiger partial charge on any atom is -0.490 e. The van der Waals surface area contributed by atoms with E-state index in [0.29, 0.717) is 30.3 Å². The van der Waals surface area contributed by atoms with Crippen LogP contribution in [0.4, 0.5) is 4.39 Å². The third-order valence-electron chi connectivity index (χ3n) is 5.10. The molecule has 168 valence electrons. The summed E-state index contributed by atoms with van der Waals surface area (Å²) in [6.07, 6.45) is 0.806. The molecule has 1 amide bonds. The molecule has 1 unspecified atom stereocenters. The van der Waals surface area contributed by atoms with Crippen LogP contribution in [0.1, 0.15) is 31.9 Å². The van der Waals surface area contributed by atoms with E-state index in [2.05, 4.69) is 10.4 Å². The molecule has 0 radical (unpaired) electrons. The summed E-state index contributed by atoms with van der Waals surface area (Å²) in [5.41, 5.74) is 1.31. The van der Waals surface area contributed by atoms with Gasteiger partial charge in [-0.3, -0.25) is 4.79 Å². The van der Waals surface area contributed by atoms with Gasteiger partial charge in [0, 0.05) is 12.0 Å². The average Bonchev–Trinajstić information content (AvgIpc) is 2.97. The van der Waals surface area contributed by atoms with Crippen LogP contribution in [-0.4, -0.2) is 28.9 Å². The van der Waals surface area contributed by atoms with Crippen molar-refractivity contribution in [3.05, 3.63) is 64.4 Å². The SMILES string of the molecule is CC(C)C(NC(=O)Cn1nc(-c2ccc(F)cc2)oc1=O)c1ccc2c(c1)OCCCO2. The number of nitrogens with zero attached hydrogens (tertiary/aromatic N) is 2. The molecule has 1 atom stereocenters. The topological polar surface area (TPSA) is 95.6 Å². The number of halogens is 1. The predicted molar refractivity (Wildman–Crippen MR) is 114 cm³/mol. The van der Waals surface area contributed by atoms with Gasteiger partial charge in [-0.15, -0.1) is 5.10 Å². The van der Waals surface area contributed by atoms with Crippen LogP contribution < -0.4 is 20.5 Å². The molecule has 1 aliphatic heterocycles. The first-order chi connectivity index (χ1) is 15.4. The lowest BCUT2D eigenvalue weighted by molar-refractivity contribution is -0.123. The number of ether oxygens (including phenoxy) is 2. The molecule has 2 aromatic carbocycles. The van der Waals surface area contributed by atoms with Crippen LogP contribution in [0.15, 0.2) is 51.7 Å². The van der Waals surface area contributed by atoms with Gasteiger partial charge in [-0.05, 0) is 47.9 Å². The predicted octanol–water partition coefficient (Wildman–Crippen LogP) is 3.32. The van der Waals surface area contributed by atoms with E-state index >= 15 is 0 Å². The van der Waals surface area contributed by atoms with Crippen LogP contribution in [0.2, 0.25) is 0 Å². The second kappa shape index (κ2) is 9.25. The molecule has 32 heavy (non-hydrogen) atoms. The molecule has 0 aliphatic carbocycles. The van der Waals surface area contributed by atoms with Crippen molar-refractivity contribution in [2.75, 3.05) is 13.2 Å². The lowest BCUT2D eigenvalue weighted by Gasteiger charge is -2.23. The number of carbonyl (C=O) groups excluding carboxylic acids is 1. The highest BCUT2D eigenvalue weighted by Crippen LogP contribution is 2.34. The van der Waals surface area contributed by atoms with Gasteiger partial charge in [0.1, 0.15) is 12.4 Å². The van der Waals surface area contributed by atoms with Crippen LogP contribution in [0, 0.1) is 11.7 Å². The third-order valence-corrected chi connectivity index (χ3v) is 5.10. The Kier molecular flexibility index (Phi) is 6.25. The summed E-state index contributed by atoms with van der Waals surface area (Å²) >= 11 is 0. The summed E-state index contributed by atoms with van der Waals surface area (Å²) in [6, 6.07) is 10.7. The number of amides is 1. The maximum absolute atomic E-state index is 13.1. The Morgan fingerprint density at radius 1 is 1.12 bits per heavy atom. The zero-order valence-corrected chi connectivity index (χ0v) is 17.8. The normalized spacial score (nSPS) is 14.1. The van der Waals surface area contributed by atoms with Crippen molar-refractivity contribution in [2.45, 2.75) is 32.9 Å². The molecule has 1 aliphatic rings. The van der Waals surface area contributed by atoms with Gasteiger partial charge < -0.3 is 19.2 Å². The van der Waals surface area contributed by atoms with Gasteiger partial charge in [-0.1, -0.05) is 19.9 Å². The van der Waals surface area contributed by atoms with E-state index in [1.54, 1.807) is 0 Å². The average molecular weight is 441 g/mol. The number of rotatable bonds is 6.